The van der Waals surface area contributed by atoms with E-state index in [0.717, 1.165) is 6.42 Å². The molecule has 2 heteroatoms. The number of benzene rings is 1. The van der Waals surface area contributed by atoms with Gasteiger partial charge in [-0.2, -0.15) is 0 Å². The first-order chi connectivity index (χ1) is 9.24. The summed E-state index contributed by atoms with van der Waals surface area (Å²) >= 11 is 0. The van der Waals surface area contributed by atoms with E-state index in [2.05, 4.69) is 39.0 Å². The molecule has 1 unspecified atom stereocenters. The van der Waals surface area contributed by atoms with Crippen LogP contribution in [0.5, 0.6) is 0 Å². The fourth-order valence-electron chi connectivity index (χ4n) is 2.83. The molecule has 0 aromatic heterocycles. The zero-order chi connectivity index (χ0) is 14.1. The zero-order valence-corrected chi connectivity index (χ0v) is 13.5. The largest absolute Gasteiger partial charge is 0.412 e. The summed E-state index contributed by atoms with van der Waals surface area (Å²) in [6, 6.07) is 6.96. The van der Waals surface area contributed by atoms with E-state index in [-0.39, 0.29) is 11.5 Å². The first-order valence-corrected chi connectivity index (χ1v) is 8.10. The number of hydrogen-bond acceptors (Lipinski definition) is 1. The van der Waals surface area contributed by atoms with E-state index >= 15 is 0 Å². The highest BCUT2D eigenvalue weighted by atomic mass is 16.0. The zero-order valence-electron chi connectivity index (χ0n) is 13.5. The van der Waals surface area contributed by atoms with E-state index < -0.39 is 0 Å². The molecule has 20 heavy (non-hydrogen) atoms. The maximum atomic E-state index is 6.43. The van der Waals surface area contributed by atoms with E-state index in [9.17, 15) is 0 Å². The average Bonchev–Trinajstić information content (AvgIpc) is 2.41. The molecule has 0 amide bonds. The third-order valence-electron chi connectivity index (χ3n) is 3.85. The van der Waals surface area contributed by atoms with E-state index in [1.54, 1.807) is 0 Å². The Morgan fingerprint density at radius 3 is 2.25 bits per heavy atom. The van der Waals surface area contributed by atoms with Crippen molar-refractivity contribution in [3.63, 3.8) is 0 Å². The lowest BCUT2D eigenvalue weighted by molar-refractivity contribution is 0.576. The molecule has 4 N–H and O–H groups in total. The van der Waals surface area contributed by atoms with Gasteiger partial charge in [-0.1, -0.05) is 71.1 Å². The molecule has 0 saturated heterocycles. The molecule has 0 spiro atoms. The molecule has 1 aromatic carbocycles. The molecule has 0 fully saturated rings. The molecule has 0 saturated carbocycles. The van der Waals surface area contributed by atoms with Crippen LogP contribution in [-0.2, 0) is 12.8 Å². The van der Waals surface area contributed by atoms with E-state index in [1.165, 1.54) is 61.6 Å². The number of aryl methyl sites for hydroxylation is 1. The summed E-state index contributed by atoms with van der Waals surface area (Å²) in [5, 5.41) is 0. The number of rotatable bonds is 9. The fraction of sp³-hybridized carbons (Fsp3) is 0.667. The van der Waals surface area contributed by atoms with Crippen molar-refractivity contribution >= 4 is 0 Å². The van der Waals surface area contributed by atoms with Crippen molar-refractivity contribution in [3.8, 4) is 0 Å². The average molecular weight is 279 g/mol. The molecule has 1 atom stereocenters. The number of nitrogens with two attached hydrogens (primary N) is 1. The number of hydrogen-bond donors (Lipinski definition) is 1. The van der Waals surface area contributed by atoms with Gasteiger partial charge in [-0.05, 0) is 36.0 Å². The van der Waals surface area contributed by atoms with Gasteiger partial charge >= 0.3 is 0 Å². The van der Waals surface area contributed by atoms with Crippen molar-refractivity contribution in [2.24, 2.45) is 5.73 Å². The predicted molar refractivity (Wildman–Crippen MR) is 89.1 cm³/mol. The molecule has 2 nitrogen and oxygen atoms in total. The highest BCUT2D eigenvalue weighted by molar-refractivity contribution is 5.37. The van der Waals surface area contributed by atoms with Gasteiger partial charge in [0.25, 0.3) is 0 Å². The Bertz CT molecular complexity index is 362. The topological polar surface area (TPSA) is 57.5 Å². The van der Waals surface area contributed by atoms with Crippen molar-refractivity contribution in [1.82, 2.24) is 0 Å². The van der Waals surface area contributed by atoms with E-state index in [1.807, 2.05) is 0 Å². The van der Waals surface area contributed by atoms with Crippen molar-refractivity contribution in [2.75, 3.05) is 0 Å². The lowest BCUT2D eigenvalue weighted by Crippen LogP contribution is -2.14. The van der Waals surface area contributed by atoms with Gasteiger partial charge in [0, 0.05) is 6.04 Å². The molecule has 1 rings (SSSR count). The Hall–Kier alpha value is -0.860. The summed E-state index contributed by atoms with van der Waals surface area (Å²) in [6.45, 7) is 6.76. The van der Waals surface area contributed by atoms with Crippen LogP contribution in [-0.4, -0.2) is 5.48 Å². The Kier molecular flexibility index (Phi) is 10.4. The van der Waals surface area contributed by atoms with Crippen LogP contribution in [0, 0.1) is 0 Å². The standard InChI is InChI=1S/C18H31N.H2O/c1-4-7-8-14-18(19)17-13-9-12-15(10-5-2)16(17)11-6-3;/h9,12-13,18H,4-8,10-11,14,19H2,1-3H3;1H2. The Labute approximate surface area is 125 Å². The lowest BCUT2D eigenvalue weighted by Gasteiger charge is -2.19. The van der Waals surface area contributed by atoms with E-state index in [0.29, 0.717) is 0 Å². The Balaban J connectivity index is 0.00000361. The summed E-state index contributed by atoms with van der Waals surface area (Å²) in [5.74, 6) is 0. The Morgan fingerprint density at radius 1 is 0.950 bits per heavy atom. The van der Waals surface area contributed by atoms with Crippen molar-refractivity contribution < 1.29 is 5.48 Å². The maximum absolute atomic E-state index is 6.43. The van der Waals surface area contributed by atoms with Crippen molar-refractivity contribution in [1.29, 1.82) is 0 Å². The second-order valence-corrected chi connectivity index (χ2v) is 5.59. The monoisotopic (exact) mass is 279 g/mol. The third-order valence-corrected chi connectivity index (χ3v) is 3.85. The number of unbranched alkanes of at least 4 members (excludes halogenated alkanes) is 2. The van der Waals surface area contributed by atoms with Gasteiger partial charge in [0.15, 0.2) is 0 Å². The lowest BCUT2D eigenvalue weighted by atomic mass is 9.89. The van der Waals surface area contributed by atoms with Crippen LogP contribution in [0.25, 0.3) is 0 Å². The van der Waals surface area contributed by atoms with Crippen molar-refractivity contribution in [3.05, 3.63) is 34.9 Å². The molecule has 0 heterocycles. The van der Waals surface area contributed by atoms with Gasteiger partial charge in [0.1, 0.15) is 0 Å². The minimum atomic E-state index is 0. The second-order valence-electron chi connectivity index (χ2n) is 5.59. The summed E-state index contributed by atoms with van der Waals surface area (Å²) in [6.07, 6.45) is 9.72. The predicted octanol–water partition coefficient (Wildman–Crippen LogP) is 4.35. The maximum Gasteiger partial charge on any atom is 0.0297 e. The molecule has 0 aliphatic rings. The molecular weight excluding hydrogens is 246 g/mol. The summed E-state index contributed by atoms with van der Waals surface area (Å²) in [7, 11) is 0. The molecule has 1 aromatic rings. The van der Waals surface area contributed by atoms with Gasteiger partial charge in [-0.3, -0.25) is 0 Å². The molecule has 116 valence electrons. The van der Waals surface area contributed by atoms with Crippen LogP contribution in [0.1, 0.15) is 82.0 Å². The van der Waals surface area contributed by atoms with Gasteiger partial charge in [0.2, 0.25) is 0 Å². The minimum Gasteiger partial charge on any atom is -0.412 e. The van der Waals surface area contributed by atoms with Crippen LogP contribution in [0.15, 0.2) is 18.2 Å². The molecule has 0 aliphatic heterocycles. The summed E-state index contributed by atoms with van der Waals surface area (Å²) < 4.78 is 0. The molecule has 0 bridgehead atoms. The van der Waals surface area contributed by atoms with Crippen LogP contribution in [0.2, 0.25) is 0 Å². The minimum absolute atomic E-state index is 0. The normalized spacial score (nSPS) is 12.0. The van der Waals surface area contributed by atoms with Gasteiger partial charge < -0.3 is 11.2 Å². The van der Waals surface area contributed by atoms with E-state index in [4.69, 9.17) is 5.73 Å². The first-order valence-electron chi connectivity index (χ1n) is 8.10. The first kappa shape index (κ1) is 19.1. The molecular formula is C18H33NO. The van der Waals surface area contributed by atoms with Gasteiger partial charge in [0.05, 0.1) is 0 Å². The van der Waals surface area contributed by atoms with Gasteiger partial charge in [-0.25, -0.2) is 0 Å². The smallest absolute Gasteiger partial charge is 0.0297 e. The summed E-state index contributed by atoms with van der Waals surface area (Å²) in [4.78, 5) is 0. The molecule has 0 aliphatic carbocycles. The highest BCUT2D eigenvalue weighted by Gasteiger charge is 2.13. The van der Waals surface area contributed by atoms with Crippen LogP contribution in [0.4, 0.5) is 0 Å². The highest BCUT2D eigenvalue weighted by Crippen LogP contribution is 2.26. The second kappa shape index (κ2) is 10.9. The Morgan fingerprint density at radius 2 is 1.65 bits per heavy atom. The third kappa shape index (κ3) is 5.64. The quantitative estimate of drug-likeness (QED) is 0.671. The van der Waals surface area contributed by atoms with Crippen LogP contribution >= 0.6 is 0 Å². The van der Waals surface area contributed by atoms with Crippen LogP contribution in [0.3, 0.4) is 0 Å². The molecule has 0 radical (unpaired) electrons. The van der Waals surface area contributed by atoms with Gasteiger partial charge in [-0.15, -0.1) is 0 Å². The SMILES string of the molecule is CCCCCC(N)c1cccc(CCC)c1CCC.O. The summed E-state index contributed by atoms with van der Waals surface area (Å²) in [5.41, 5.74) is 10.9. The van der Waals surface area contributed by atoms with Crippen LogP contribution < -0.4 is 5.73 Å². The van der Waals surface area contributed by atoms with Crippen molar-refractivity contribution in [2.45, 2.75) is 78.2 Å². The fourth-order valence-corrected chi connectivity index (χ4v) is 2.83.